The zero-order chi connectivity index (χ0) is 30.5. The molecule has 14 heteroatoms. The van der Waals surface area contributed by atoms with Crippen LogP contribution in [0, 0.1) is 0 Å². The third kappa shape index (κ3) is 6.71. The third-order valence-electron chi connectivity index (χ3n) is 7.79. The molecule has 0 bridgehead atoms. The van der Waals surface area contributed by atoms with Crippen molar-refractivity contribution in [3.63, 3.8) is 0 Å². The second-order valence-electron chi connectivity index (χ2n) is 10.7. The minimum Gasteiger partial charge on any atom is -0.480 e. The molecular weight excluding hydrogens is 568 g/mol. The van der Waals surface area contributed by atoms with Crippen LogP contribution in [-0.4, -0.2) is 108 Å². The fraction of sp³-hybridized carbons (Fsp3) is 0.400. The largest absolute Gasteiger partial charge is 0.480 e. The average molecular weight is 603 g/mol. The van der Waals surface area contributed by atoms with Gasteiger partial charge in [0.05, 0.1) is 26.4 Å². The van der Waals surface area contributed by atoms with E-state index in [9.17, 15) is 19.5 Å². The molecule has 0 radical (unpaired) electrons. The lowest BCUT2D eigenvalue weighted by Crippen LogP contribution is -2.40. The highest BCUT2D eigenvalue weighted by atomic mass is 16.5. The summed E-state index contributed by atoms with van der Waals surface area (Å²) in [7, 11) is 0. The number of carboxylic acids is 1. The number of aliphatic carboxylic acids is 1. The second-order valence-corrected chi connectivity index (χ2v) is 10.7. The third-order valence-corrected chi connectivity index (χ3v) is 7.79. The van der Waals surface area contributed by atoms with Gasteiger partial charge in [0.1, 0.15) is 6.04 Å². The number of morpholine rings is 2. The van der Waals surface area contributed by atoms with Crippen molar-refractivity contribution in [3.8, 4) is 11.4 Å². The minimum atomic E-state index is -0.998. The molecule has 3 fully saturated rings. The molecule has 3 aliphatic heterocycles. The van der Waals surface area contributed by atoms with Crippen molar-refractivity contribution in [2.75, 3.05) is 79.6 Å². The van der Waals surface area contributed by atoms with Crippen molar-refractivity contribution in [2.24, 2.45) is 0 Å². The molecule has 3 aromatic rings. The molecule has 0 spiro atoms. The summed E-state index contributed by atoms with van der Waals surface area (Å²) in [5.74, 6) is 0.422. The molecule has 1 unspecified atom stereocenters. The SMILES string of the molecule is O=C(Nc1ccc(C(=O)N2CCCC2C(=O)O)cc1)Nc1ccc(-c2nc(N3CCOCC3)nc(N3CCOCC3)n2)cc1. The number of aromatic nitrogens is 3. The summed E-state index contributed by atoms with van der Waals surface area (Å²) >= 11 is 0. The molecule has 1 atom stereocenters. The van der Waals surface area contributed by atoms with Gasteiger partial charge in [-0.15, -0.1) is 0 Å². The predicted octanol–water partition coefficient (Wildman–Crippen LogP) is 2.55. The van der Waals surface area contributed by atoms with E-state index in [4.69, 9.17) is 24.4 Å². The van der Waals surface area contributed by atoms with Crippen LogP contribution < -0.4 is 20.4 Å². The van der Waals surface area contributed by atoms with Crippen molar-refractivity contribution in [3.05, 3.63) is 54.1 Å². The highest BCUT2D eigenvalue weighted by Gasteiger charge is 2.34. The Bertz CT molecular complexity index is 1450. The van der Waals surface area contributed by atoms with E-state index in [2.05, 4.69) is 20.4 Å². The maximum Gasteiger partial charge on any atom is 0.326 e. The first-order chi connectivity index (χ1) is 21.4. The highest BCUT2D eigenvalue weighted by molar-refractivity contribution is 6.01. The zero-order valence-corrected chi connectivity index (χ0v) is 24.1. The number of nitrogens with one attached hydrogen (secondary N) is 2. The van der Waals surface area contributed by atoms with Gasteiger partial charge < -0.3 is 39.9 Å². The monoisotopic (exact) mass is 602 g/mol. The summed E-state index contributed by atoms with van der Waals surface area (Å²) in [6.07, 6.45) is 1.10. The van der Waals surface area contributed by atoms with Crippen LogP contribution in [0.4, 0.5) is 28.1 Å². The van der Waals surface area contributed by atoms with E-state index in [-0.39, 0.29) is 5.91 Å². The number of likely N-dealkylation sites (tertiary alicyclic amines) is 1. The fourth-order valence-electron chi connectivity index (χ4n) is 5.42. The van der Waals surface area contributed by atoms with Crippen molar-refractivity contribution >= 4 is 41.2 Å². The van der Waals surface area contributed by atoms with Gasteiger partial charge in [-0.25, -0.2) is 9.59 Å². The number of carbonyl (C=O) groups is 3. The number of benzene rings is 2. The Kier molecular flexibility index (Phi) is 8.79. The van der Waals surface area contributed by atoms with E-state index in [0.717, 1.165) is 5.56 Å². The van der Waals surface area contributed by atoms with Gasteiger partial charge in [-0.2, -0.15) is 15.0 Å². The molecule has 6 rings (SSSR count). The van der Waals surface area contributed by atoms with Gasteiger partial charge >= 0.3 is 12.0 Å². The Morgan fingerprint density at radius 3 is 1.77 bits per heavy atom. The first-order valence-corrected chi connectivity index (χ1v) is 14.7. The van der Waals surface area contributed by atoms with Crippen LogP contribution >= 0.6 is 0 Å². The number of rotatable bonds is 7. The van der Waals surface area contributed by atoms with Gasteiger partial charge in [0.15, 0.2) is 5.82 Å². The number of amides is 3. The van der Waals surface area contributed by atoms with E-state index in [1.807, 2.05) is 12.1 Å². The Morgan fingerprint density at radius 2 is 1.25 bits per heavy atom. The van der Waals surface area contributed by atoms with E-state index in [0.29, 0.717) is 107 Å². The number of carbonyl (C=O) groups excluding carboxylic acids is 2. The predicted molar refractivity (Wildman–Crippen MR) is 162 cm³/mol. The minimum absolute atomic E-state index is 0.335. The first-order valence-electron chi connectivity index (χ1n) is 14.7. The van der Waals surface area contributed by atoms with E-state index >= 15 is 0 Å². The van der Waals surface area contributed by atoms with Gasteiger partial charge in [0.25, 0.3) is 5.91 Å². The Morgan fingerprint density at radius 1 is 0.727 bits per heavy atom. The lowest BCUT2D eigenvalue weighted by molar-refractivity contribution is -0.141. The lowest BCUT2D eigenvalue weighted by Gasteiger charge is -2.30. The Balaban J connectivity index is 1.11. The molecule has 4 heterocycles. The summed E-state index contributed by atoms with van der Waals surface area (Å²) in [6, 6.07) is 12.4. The normalized spacial score (nSPS) is 18.6. The molecular formula is C30H34N8O6. The van der Waals surface area contributed by atoms with Crippen LogP contribution in [0.15, 0.2) is 48.5 Å². The van der Waals surface area contributed by atoms with Gasteiger partial charge in [-0.05, 0) is 61.4 Å². The highest BCUT2D eigenvalue weighted by Crippen LogP contribution is 2.25. The number of carboxylic acid groups (broad SMARTS) is 1. The van der Waals surface area contributed by atoms with Crippen molar-refractivity contribution in [1.82, 2.24) is 19.9 Å². The molecule has 0 aliphatic carbocycles. The first kappa shape index (κ1) is 29.3. The number of ether oxygens (including phenoxy) is 2. The summed E-state index contributed by atoms with van der Waals surface area (Å²) in [4.78, 5) is 56.8. The Hall–Kier alpha value is -4.82. The van der Waals surface area contributed by atoms with Crippen LogP contribution in [0.25, 0.3) is 11.4 Å². The molecule has 14 nitrogen and oxygen atoms in total. The summed E-state index contributed by atoms with van der Waals surface area (Å²) in [5, 5.41) is 14.9. The van der Waals surface area contributed by atoms with E-state index in [1.165, 1.54) is 4.90 Å². The van der Waals surface area contributed by atoms with Crippen LogP contribution in [0.2, 0.25) is 0 Å². The standard InChI is InChI=1S/C30H34N8O6/c39-26(38-11-1-2-24(38)27(40)41)21-5-9-23(10-6-21)32-30(42)31-22-7-3-20(4-8-22)25-33-28(36-12-16-43-17-13-36)35-29(34-25)37-14-18-44-19-15-37/h3-10,24H,1-2,11-19H2,(H,40,41)(H2,31,32,42). The molecule has 3 saturated heterocycles. The summed E-state index contributed by atoms with van der Waals surface area (Å²) in [5.41, 5.74) is 2.21. The molecule has 3 amide bonds. The van der Waals surface area contributed by atoms with Gasteiger partial charge in [-0.1, -0.05) is 0 Å². The van der Waals surface area contributed by atoms with Crippen LogP contribution in [-0.2, 0) is 14.3 Å². The maximum absolute atomic E-state index is 12.8. The smallest absolute Gasteiger partial charge is 0.326 e. The maximum atomic E-state index is 12.8. The number of hydrogen-bond acceptors (Lipinski definition) is 10. The van der Waals surface area contributed by atoms with E-state index < -0.39 is 18.0 Å². The molecule has 2 aromatic carbocycles. The zero-order valence-electron chi connectivity index (χ0n) is 24.1. The number of urea groups is 1. The fourth-order valence-corrected chi connectivity index (χ4v) is 5.42. The van der Waals surface area contributed by atoms with Gasteiger partial charge in [0, 0.05) is 55.2 Å². The molecule has 3 aliphatic rings. The molecule has 1 aromatic heterocycles. The second kappa shape index (κ2) is 13.2. The summed E-state index contributed by atoms with van der Waals surface area (Å²) < 4.78 is 11.0. The molecule has 44 heavy (non-hydrogen) atoms. The van der Waals surface area contributed by atoms with Crippen molar-refractivity contribution in [2.45, 2.75) is 18.9 Å². The van der Waals surface area contributed by atoms with Crippen LogP contribution in [0.1, 0.15) is 23.2 Å². The topological polar surface area (TPSA) is 162 Å². The number of anilines is 4. The summed E-state index contributed by atoms with van der Waals surface area (Å²) in [6.45, 7) is 5.68. The molecule has 230 valence electrons. The van der Waals surface area contributed by atoms with Crippen LogP contribution in [0.5, 0.6) is 0 Å². The van der Waals surface area contributed by atoms with Gasteiger partial charge in [-0.3, -0.25) is 4.79 Å². The van der Waals surface area contributed by atoms with Crippen LogP contribution in [0.3, 0.4) is 0 Å². The average Bonchev–Trinajstić information content (AvgIpc) is 3.57. The Labute approximate surface area is 254 Å². The van der Waals surface area contributed by atoms with E-state index in [1.54, 1.807) is 36.4 Å². The number of hydrogen-bond donors (Lipinski definition) is 3. The quantitative estimate of drug-likeness (QED) is 0.364. The molecule has 0 saturated carbocycles. The van der Waals surface area contributed by atoms with Crippen molar-refractivity contribution in [1.29, 1.82) is 0 Å². The lowest BCUT2D eigenvalue weighted by atomic mass is 10.1. The van der Waals surface area contributed by atoms with Gasteiger partial charge in [0.2, 0.25) is 11.9 Å². The number of nitrogens with zero attached hydrogens (tertiary/aromatic N) is 6. The van der Waals surface area contributed by atoms with Crippen molar-refractivity contribution < 1.29 is 29.0 Å². The molecule has 3 N–H and O–H groups in total.